The number of para-hydroxylation sites is 6. The summed E-state index contributed by atoms with van der Waals surface area (Å²) in [6, 6.07) is 149. The topological polar surface area (TPSA) is 6.48 Å². The standard InChI is InChI=1S/C105H64N2/c1-3-31-66(32-4-1)106-94-58-21-17-51-87(94)103(88-52-18-22-59-95(88)106)84-48-14-10-37-77(84)99-72(44-27-55-91(99)103)69-40-25-42-74-81(69)64-82-70(73-45-28-56-92-100(73)78-38-11-15-49-85(78)104(92)89-53-19-23-60-96(89)107(67-33-5-2-6-34-67)97-61-24-20-54-90(97)104)41-26-43-75(82)98(74)80-46-29-57-93-101(80)79-39-12-16-50-86(79)105(93)83-47-13-9-36-71(83)76-63-62-65-30-7-8-35-68(65)102(76)105/h1-64H. The Morgan fingerprint density at radius 3 is 0.935 bits per heavy atom. The zero-order chi connectivity index (χ0) is 69.8. The molecular weight excluding hydrogens is 1290 g/mol. The molecule has 107 heavy (non-hydrogen) atoms. The Bertz CT molecular complexity index is 6530. The molecule has 24 rings (SSSR count). The second-order valence-corrected chi connectivity index (χ2v) is 29.8. The average Bonchev–Trinajstić information content (AvgIpc) is 1.53. The third-order valence-electron chi connectivity index (χ3n) is 25.2. The summed E-state index contributed by atoms with van der Waals surface area (Å²) >= 11 is 0. The van der Waals surface area contributed by atoms with Crippen molar-refractivity contribution in [2.24, 2.45) is 0 Å². The second kappa shape index (κ2) is 21.7. The van der Waals surface area contributed by atoms with Gasteiger partial charge in [-0.25, -0.2) is 0 Å². The summed E-state index contributed by atoms with van der Waals surface area (Å²) in [4.78, 5) is 4.96. The van der Waals surface area contributed by atoms with Crippen molar-refractivity contribution in [1.29, 1.82) is 0 Å². The van der Waals surface area contributed by atoms with Gasteiger partial charge >= 0.3 is 0 Å². The van der Waals surface area contributed by atoms with Gasteiger partial charge in [0.25, 0.3) is 0 Å². The van der Waals surface area contributed by atoms with E-state index in [-0.39, 0.29) is 0 Å². The van der Waals surface area contributed by atoms with Crippen LogP contribution in [0.2, 0.25) is 0 Å². The van der Waals surface area contributed by atoms with Crippen LogP contribution in [0.5, 0.6) is 0 Å². The van der Waals surface area contributed by atoms with Gasteiger partial charge in [0.15, 0.2) is 0 Å². The Labute approximate surface area is 621 Å². The van der Waals surface area contributed by atoms with E-state index >= 15 is 0 Å². The molecule has 0 aromatic heterocycles. The zero-order valence-electron chi connectivity index (χ0n) is 58.3. The van der Waals surface area contributed by atoms with Gasteiger partial charge in [0, 0.05) is 11.4 Å². The SMILES string of the molecule is c1ccc(N2c3ccccc3C3(c4ccccc4-c4c(-c5cccc6c(-c7cccc8c7-c7ccccc7C87c8ccccc8-c8ccc9ccccc9c87)c7cccc(-c8cccc9c8-c8ccccc8C98c9ccccc9N(c9ccccc9)c9ccccc98)c7cc56)cccc43)c3ccccc32)cc1. The van der Waals surface area contributed by atoms with Crippen LogP contribution >= 0.6 is 0 Å². The van der Waals surface area contributed by atoms with Gasteiger partial charge in [-0.2, -0.15) is 0 Å². The van der Waals surface area contributed by atoms with Crippen molar-refractivity contribution < 1.29 is 0 Å². The Morgan fingerprint density at radius 2 is 0.467 bits per heavy atom. The number of anilines is 6. The van der Waals surface area contributed by atoms with Gasteiger partial charge in [0.2, 0.25) is 0 Å². The van der Waals surface area contributed by atoms with Crippen molar-refractivity contribution in [3.05, 3.63) is 455 Å². The summed E-state index contributed by atoms with van der Waals surface area (Å²) < 4.78 is 0. The molecule has 18 aromatic carbocycles. The first kappa shape index (κ1) is 58.8. The lowest BCUT2D eigenvalue weighted by molar-refractivity contribution is 0.753. The van der Waals surface area contributed by atoms with E-state index in [1.54, 1.807) is 0 Å². The highest BCUT2D eigenvalue weighted by Gasteiger charge is 2.56. The maximum absolute atomic E-state index is 2.60. The maximum Gasteiger partial charge on any atom is 0.0754 e. The molecule has 0 saturated carbocycles. The number of fused-ring (bicyclic) bond motifs is 32. The van der Waals surface area contributed by atoms with Gasteiger partial charge in [-0.05, 0) is 232 Å². The van der Waals surface area contributed by atoms with Crippen LogP contribution in [-0.4, -0.2) is 0 Å². The lowest BCUT2D eigenvalue weighted by atomic mass is 9.64. The monoisotopic (exact) mass is 1350 g/mol. The zero-order valence-corrected chi connectivity index (χ0v) is 58.3. The van der Waals surface area contributed by atoms with Crippen molar-refractivity contribution >= 4 is 66.4 Å². The largest absolute Gasteiger partial charge is 0.310 e. The number of benzene rings is 18. The van der Waals surface area contributed by atoms with E-state index in [1.807, 2.05) is 0 Å². The normalized spacial score (nSPS) is 15.4. The van der Waals surface area contributed by atoms with Crippen molar-refractivity contribution in [2.45, 2.75) is 16.2 Å². The van der Waals surface area contributed by atoms with Crippen molar-refractivity contribution in [1.82, 2.24) is 0 Å². The molecule has 3 spiro atoms. The van der Waals surface area contributed by atoms with Crippen LogP contribution < -0.4 is 9.80 Å². The molecule has 0 saturated heterocycles. The van der Waals surface area contributed by atoms with Crippen LogP contribution in [0.4, 0.5) is 34.1 Å². The average molecular weight is 1350 g/mol. The van der Waals surface area contributed by atoms with Crippen LogP contribution in [-0.2, 0) is 16.2 Å². The fraction of sp³-hybridized carbons (Fsp3) is 0.0286. The molecule has 6 aliphatic rings. The molecule has 2 nitrogen and oxygen atoms in total. The summed E-state index contributed by atoms with van der Waals surface area (Å²) in [6.07, 6.45) is 0. The second-order valence-electron chi connectivity index (χ2n) is 29.8. The number of hydrogen-bond acceptors (Lipinski definition) is 2. The third-order valence-corrected chi connectivity index (χ3v) is 25.2. The number of rotatable bonds is 5. The lowest BCUT2D eigenvalue weighted by Crippen LogP contribution is -2.36. The Hall–Kier alpha value is -13.7. The summed E-state index contributed by atoms with van der Waals surface area (Å²) in [5.41, 5.74) is 38.2. The van der Waals surface area contributed by atoms with Gasteiger partial charge in [-0.15, -0.1) is 0 Å². The molecule has 4 aliphatic carbocycles. The van der Waals surface area contributed by atoms with Crippen molar-refractivity contribution in [3.8, 4) is 77.9 Å². The molecule has 0 fully saturated rings. The fourth-order valence-electron chi connectivity index (χ4n) is 21.6. The highest BCUT2D eigenvalue weighted by molar-refractivity contribution is 6.23. The van der Waals surface area contributed by atoms with E-state index in [1.165, 1.54) is 200 Å². The van der Waals surface area contributed by atoms with E-state index in [4.69, 9.17) is 0 Å². The number of nitrogens with zero attached hydrogens (tertiary/aromatic N) is 2. The number of hydrogen-bond donors (Lipinski definition) is 0. The van der Waals surface area contributed by atoms with Gasteiger partial charge in [-0.1, -0.05) is 334 Å². The lowest BCUT2D eigenvalue weighted by Gasteiger charge is -2.45. The maximum atomic E-state index is 2.60. The first-order chi connectivity index (χ1) is 53.2. The molecule has 494 valence electrons. The highest BCUT2D eigenvalue weighted by atomic mass is 15.2. The van der Waals surface area contributed by atoms with Gasteiger partial charge in [0.1, 0.15) is 0 Å². The molecule has 0 bridgehead atoms. The van der Waals surface area contributed by atoms with Crippen LogP contribution in [0.25, 0.3) is 110 Å². The van der Waals surface area contributed by atoms with Crippen LogP contribution in [0.1, 0.15) is 66.8 Å². The molecule has 18 aromatic rings. The fourth-order valence-corrected chi connectivity index (χ4v) is 21.6. The molecule has 0 amide bonds. The third kappa shape index (κ3) is 7.34. The molecule has 0 radical (unpaired) electrons. The molecule has 1 atom stereocenters. The molecular formula is C105H64N2. The smallest absolute Gasteiger partial charge is 0.0754 e. The van der Waals surface area contributed by atoms with Crippen LogP contribution in [0.15, 0.2) is 388 Å². The van der Waals surface area contributed by atoms with E-state index in [0.29, 0.717) is 0 Å². The summed E-state index contributed by atoms with van der Waals surface area (Å²) in [5, 5.41) is 7.37. The molecule has 0 N–H and O–H groups in total. The molecule has 2 heteroatoms. The first-order valence-corrected chi connectivity index (χ1v) is 37.6. The molecule has 2 heterocycles. The van der Waals surface area contributed by atoms with E-state index in [2.05, 4.69) is 398 Å². The van der Waals surface area contributed by atoms with E-state index < -0.39 is 16.2 Å². The van der Waals surface area contributed by atoms with Crippen LogP contribution in [0.3, 0.4) is 0 Å². The van der Waals surface area contributed by atoms with Gasteiger partial charge in [-0.3, -0.25) is 0 Å². The Morgan fingerprint density at radius 1 is 0.159 bits per heavy atom. The minimum atomic E-state index is -0.646. The van der Waals surface area contributed by atoms with Crippen LogP contribution in [0, 0.1) is 0 Å². The summed E-state index contributed by atoms with van der Waals surface area (Å²) in [7, 11) is 0. The van der Waals surface area contributed by atoms with E-state index in [9.17, 15) is 0 Å². The van der Waals surface area contributed by atoms with E-state index in [0.717, 1.165) is 11.4 Å². The minimum Gasteiger partial charge on any atom is -0.310 e. The highest BCUT2D eigenvalue weighted by Crippen LogP contribution is 2.70. The molecule has 2 aliphatic heterocycles. The predicted octanol–water partition coefficient (Wildman–Crippen LogP) is 26.8. The summed E-state index contributed by atoms with van der Waals surface area (Å²) in [6.45, 7) is 0. The van der Waals surface area contributed by atoms with Crippen molar-refractivity contribution in [3.63, 3.8) is 0 Å². The molecule has 1 unspecified atom stereocenters. The van der Waals surface area contributed by atoms with Gasteiger partial charge < -0.3 is 9.80 Å². The predicted molar refractivity (Wildman–Crippen MR) is 443 cm³/mol. The Balaban J connectivity index is 0.811. The Kier molecular flexibility index (Phi) is 11.9. The van der Waals surface area contributed by atoms with Gasteiger partial charge in [0.05, 0.1) is 39.0 Å². The quantitative estimate of drug-likeness (QED) is 0.159. The first-order valence-electron chi connectivity index (χ1n) is 37.6. The summed E-state index contributed by atoms with van der Waals surface area (Å²) in [5.74, 6) is 0. The van der Waals surface area contributed by atoms with Crippen molar-refractivity contribution in [2.75, 3.05) is 9.80 Å². The minimum absolute atomic E-state index is 0.601.